The minimum Gasteiger partial charge on any atom is -0.352 e. The number of halogens is 3. The molecule has 4 nitrogen and oxygen atoms in total. The fourth-order valence-corrected chi connectivity index (χ4v) is 4.42. The molecule has 0 bridgehead atoms. The second kappa shape index (κ2) is 8.59. The van der Waals surface area contributed by atoms with Crippen LogP contribution in [-0.4, -0.2) is 21.7 Å². The lowest BCUT2D eigenvalue weighted by atomic mass is 9.84. The van der Waals surface area contributed by atoms with E-state index >= 15 is 0 Å². The highest BCUT2D eigenvalue weighted by molar-refractivity contribution is 5.79. The van der Waals surface area contributed by atoms with Gasteiger partial charge in [0.2, 0.25) is 5.91 Å². The van der Waals surface area contributed by atoms with Crippen LogP contribution in [0.25, 0.3) is 0 Å². The van der Waals surface area contributed by atoms with Crippen LogP contribution in [-0.2, 0) is 24.4 Å². The van der Waals surface area contributed by atoms with Crippen molar-refractivity contribution >= 4 is 5.91 Å². The second-order valence-corrected chi connectivity index (χ2v) is 7.95. The van der Waals surface area contributed by atoms with Crippen molar-refractivity contribution in [3.63, 3.8) is 0 Å². The summed E-state index contributed by atoms with van der Waals surface area (Å²) in [7, 11) is 1.83. The zero-order valence-electron chi connectivity index (χ0n) is 17.1. The normalized spacial score (nSPS) is 20.3. The first-order valence-corrected chi connectivity index (χ1v) is 10.1. The first-order valence-electron chi connectivity index (χ1n) is 10.1. The molecule has 1 N–H and O–H groups in total. The van der Waals surface area contributed by atoms with Crippen molar-refractivity contribution in [2.24, 2.45) is 7.05 Å². The van der Waals surface area contributed by atoms with Gasteiger partial charge in [-0.05, 0) is 38.3 Å². The first-order chi connectivity index (χ1) is 13.7. The summed E-state index contributed by atoms with van der Waals surface area (Å²) in [6.07, 6.45) is -0.143. The van der Waals surface area contributed by atoms with Gasteiger partial charge in [-0.2, -0.15) is 18.3 Å². The number of carbonyl (C=O) groups is 1. The van der Waals surface area contributed by atoms with Crippen molar-refractivity contribution < 1.29 is 18.0 Å². The summed E-state index contributed by atoms with van der Waals surface area (Å²) in [5.74, 6) is -0.499. The van der Waals surface area contributed by atoms with E-state index in [4.69, 9.17) is 0 Å². The zero-order valence-corrected chi connectivity index (χ0v) is 17.1. The Bertz CT molecular complexity index is 873. The molecular formula is C22H28F3N3O. The van der Waals surface area contributed by atoms with Gasteiger partial charge in [-0.3, -0.25) is 9.48 Å². The summed E-state index contributed by atoms with van der Waals surface area (Å²) in [6.45, 7) is 3.78. The number of hydrogen-bond acceptors (Lipinski definition) is 2. The van der Waals surface area contributed by atoms with E-state index < -0.39 is 11.7 Å². The van der Waals surface area contributed by atoms with E-state index in [0.29, 0.717) is 18.4 Å². The Hall–Kier alpha value is -2.31. The number of amides is 1. The van der Waals surface area contributed by atoms with Crippen LogP contribution in [0, 0.1) is 13.8 Å². The number of nitrogens with one attached hydrogen (secondary N) is 1. The molecule has 158 valence electrons. The van der Waals surface area contributed by atoms with Crippen molar-refractivity contribution in [1.29, 1.82) is 0 Å². The molecule has 0 spiro atoms. The van der Waals surface area contributed by atoms with Crippen LogP contribution in [0.3, 0.4) is 0 Å². The lowest BCUT2D eigenvalue weighted by Crippen LogP contribution is -2.40. The van der Waals surface area contributed by atoms with Crippen LogP contribution >= 0.6 is 0 Å². The van der Waals surface area contributed by atoms with Crippen LogP contribution in [0.5, 0.6) is 0 Å². The largest absolute Gasteiger partial charge is 0.416 e. The highest BCUT2D eigenvalue weighted by Crippen LogP contribution is 2.40. The highest BCUT2D eigenvalue weighted by Gasteiger charge is 2.37. The standard InChI is InChI=1S/C22H28F3N3O/c1-14-18(15(2)28(3)27-14)13-21(29)26-20-12-6-4-5-10-17(20)16-9-7-8-11-19(16)22(23,24)25/h7-9,11,17,20H,4-6,10,12-13H2,1-3H3,(H,26,29). The van der Waals surface area contributed by atoms with Crippen LogP contribution in [0.15, 0.2) is 24.3 Å². The van der Waals surface area contributed by atoms with E-state index in [0.717, 1.165) is 42.3 Å². The van der Waals surface area contributed by atoms with Gasteiger partial charge in [0, 0.05) is 30.3 Å². The SMILES string of the molecule is Cc1nn(C)c(C)c1CC(=O)NC1CCCCCC1c1ccccc1C(F)(F)F. The number of benzene rings is 1. The summed E-state index contributed by atoms with van der Waals surface area (Å²) in [6, 6.07) is 5.47. The third-order valence-electron chi connectivity index (χ3n) is 6.02. The van der Waals surface area contributed by atoms with Gasteiger partial charge in [-0.15, -0.1) is 0 Å². The molecule has 0 saturated heterocycles. The van der Waals surface area contributed by atoms with E-state index in [2.05, 4.69) is 10.4 Å². The number of hydrogen-bond donors (Lipinski definition) is 1. The molecule has 1 aliphatic carbocycles. The summed E-state index contributed by atoms with van der Waals surface area (Å²) in [5.41, 5.74) is 2.31. The first kappa shape index (κ1) is 21.4. The fourth-order valence-electron chi connectivity index (χ4n) is 4.42. The minimum absolute atomic E-state index is 0.161. The van der Waals surface area contributed by atoms with E-state index in [1.807, 2.05) is 20.9 Å². The Morgan fingerprint density at radius 3 is 2.52 bits per heavy atom. The van der Waals surface area contributed by atoms with Crippen molar-refractivity contribution in [1.82, 2.24) is 15.1 Å². The Morgan fingerprint density at radius 1 is 1.17 bits per heavy atom. The molecule has 2 unspecified atom stereocenters. The maximum Gasteiger partial charge on any atom is 0.416 e. The van der Waals surface area contributed by atoms with Gasteiger partial charge in [0.25, 0.3) is 0 Å². The predicted octanol–water partition coefficient (Wildman–Crippen LogP) is 4.83. The Balaban J connectivity index is 1.84. The number of aromatic nitrogens is 2. The van der Waals surface area contributed by atoms with Crippen LogP contribution in [0.1, 0.15) is 66.1 Å². The average Bonchev–Trinajstić information content (AvgIpc) is 2.82. The number of aryl methyl sites for hydroxylation is 2. The lowest BCUT2D eigenvalue weighted by molar-refractivity contribution is -0.138. The molecule has 29 heavy (non-hydrogen) atoms. The third-order valence-corrected chi connectivity index (χ3v) is 6.02. The highest BCUT2D eigenvalue weighted by atomic mass is 19.4. The number of alkyl halides is 3. The molecule has 2 atom stereocenters. The molecule has 7 heteroatoms. The molecule has 1 heterocycles. The van der Waals surface area contributed by atoms with Gasteiger partial charge >= 0.3 is 6.18 Å². The second-order valence-electron chi connectivity index (χ2n) is 7.95. The topological polar surface area (TPSA) is 46.9 Å². The van der Waals surface area contributed by atoms with Crippen molar-refractivity contribution in [3.8, 4) is 0 Å². The van der Waals surface area contributed by atoms with Crippen LogP contribution in [0.4, 0.5) is 13.2 Å². The van der Waals surface area contributed by atoms with Gasteiger partial charge in [0.1, 0.15) is 0 Å². The predicted molar refractivity (Wildman–Crippen MR) is 106 cm³/mol. The van der Waals surface area contributed by atoms with Gasteiger partial charge in [0.05, 0.1) is 17.7 Å². The summed E-state index contributed by atoms with van der Waals surface area (Å²) in [4.78, 5) is 12.8. The molecular weight excluding hydrogens is 379 g/mol. The molecule has 1 aromatic carbocycles. The lowest BCUT2D eigenvalue weighted by Gasteiger charge is -2.29. The van der Waals surface area contributed by atoms with E-state index in [1.165, 1.54) is 6.07 Å². The molecule has 3 rings (SSSR count). The van der Waals surface area contributed by atoms with Crippen molar-refractivity contribution in [2.45, 2.75) is 70.5 Å². The van der Waals surface area contributed by atoms with Gasteiger partial charge < -0.3 is 5.32 Å². The molecule has 1 aromatic heterocycles. The number of rotatable bonds is 4. The Labute approximate surface area is 169 Å². The van der Waals surface area contributed by atoms with Crippen molar-refractivity contribution in [2.75, 3.05) is 0 Å². The summed E-state index contributed by atoms with van der Waals surface area (Å²) in [5, 5.41) is 7.39. The molecule has 0 radical (unpaired) electrons. The number of nitrogens with zero attached hydrogens (tertiary/aromatic N) is 2. The Kier molecular flexibility index (Phi) is 6.34. The van der Waals surface area contributed by atoms with Gasteiger partial charge in [-0.1, -0.05) is 37.5 Å². The maximum atomic E-state index is 13.6. The molecule has 1 fully saturated rings. The number of carbonyl (C=O) groups excluding carboxylic acids is 1. The fraction of sp³-hybridized carbons (Fsp3) is 0.545. The van der Waals surface area contributed by atoms with Gasteiger partial charge in [-0.25, -0.2) is 0 Å². The molecule has 1 saturated carbocycles. The van der Waals surface area contributed by atoms with Crippen LogP contribution < -0.4 is 5.32 Å². The molecule has 1 amide bonds. The van der Waals surface area contributed by atoms with E-state index in [-0.39, 0.29) is 24.3 Å². The molecule has 2 aromatic rings. The smallest absolute Gasteiger partial charge is 0.352 e. The summed E-state index contributed by atoms with van der Waals surface area (Å²) < 4.78 is 42.5. The Morgan fingerprint density at radius 2 is 1.86 bits per heavy atom. The quantitative estimate of drug-likeness (QED) is 0.738. The third kappa shape index (κ3) is 4.82. The monoisotopic (exact) mass is 407 g/mol. The summed E-state index contributed by atoms with van der Waals surface area (Å²) >= 11 is 0. The minimum atomic E-state index is -4.40. The van der Waals surface area contributed by atoms with Crippen molar-refractivity contribution in [3.05, 3.63) is 52.3 Å². The maximum absolute atomic E-state index is 13.6. The van der Waals surface area contributed by atoms with Crippen LogP contribution in [0.2, 0.25) is 0 Å². The molecule has 1 aliphatic rings. The van der Waals surface area contributed by atoms with E-state index in [9.17, 15) is 18.0 Å². The molecule has 0 aliphatic heterocycles. The zero-order chi connectivity index (χ0) is 21.2. The van der Waals surface area contributed by atoms with Gasteiger partial charge in [0.15, 0.2) is 0 Å². The average molecular weight is 407 g/mol. The van der Waals surface area contributed by atoms with E-state index in [1.54, 1.807) is 16.8 Å².